The van der Waals surface area contributed by atoms with E-state index in [4.69, 9.17) is 28.7 Å². The number of carbonyl (C=O) groups excluding carboxylic acids is 1. The Balaban J connectivity index is 1.31. The van der Waals surface area contributed by atoms with E-state index in [0.717, 1.165) is 53.6 Å². The van der Waals surface area contributed by atoms with Gasteiger partial charge in [0.2, 0.25) is 0 Å². The standard InChI is InChI=1S/C32H50N4O6/c1-7-8-13-28-35-27-22-34-26-12-10-9-11-25(26)29(27)36(28)23-32(5,6)24-41-21-20-40-19-18-39-17-16-38-15-14-33-30(37)42-31(2,3)4/h9-12,22H,7-8,13-21,23-24H2,1-6H3,(H,33,37). The Morgan fingerprint density at radius 1 is 0.881 bits per heavy atom. The molecule has 1 aromatic carbocycles. The van der Waals surface area contributed by atoms with E-state index < -0.39 is 11.7 Å². The summed E-state index contributed by atoms with van der Waals surface area (Å²) in [5.74, 6) is 1.12. The fraction of sp³-hybridized carbons (Fsp3) is 0.656. The number of rotatable bonds is 19. The zero-order valence-corrected chi connectivity index (χ0v) is 26.4. The molecule has 0 radical (unpaired) electrons. The van der Waals surface area contributed by atoms with Gasteiger partial charge in [0.05, 0.1) is 70.1 Å². The number of para-hydroxylation sites is 1. The molecule has 10 heteroatoms. The van der Waals surface area contributed by atoms with Crippen LogP contribution in [0.15, 0.2) is 30.5 Å². The molecule has 0 atom stereocenters. The van der Waals surface area contributed by atoms with E-state index in [0.29, 0.717) is 59.4 Å². The number of carbonyl (C=O) groups is 1. The third kappa shape index (κ3) is 11.5. The average molecular weight is 587 g/mol. The van der Waals surface area contributed by atoms with Crippen molar-refractivity contribution in [1.29, 1.82) is 0 Å². The molecule has 0 bridgehead atoms. The summed E-state index contributed by atoms with van der Waals surface area (Å²) < 4.78 is 30.2. The minimum atomic E-state index is -0.507. The first-order chi connectivity index (χ1) is 20.1. The molecule has 2 heterocycles. The van der Waals surface area contributed by atoms with Crippen molar-refractivity contribution in [3.05, 3.63) is 36.3 Å². The number of hydrogen-bond acceptors (Lipinski definition) is 8. The van der Waals surface area contributed by atoms with Gasteiger partial charge in [0.15, 0.2) is 0 Å². The third-order valence-corrected chi connectivity index (χ3v) is 6.42. The number of alkyl carbamates (subject to hydrolysis) is 1. The van der Waals surface area contributed by atoms with Gasteiger partial charge in [-0.25, -0.2) is 9.78 Å². The zero-order valence-electron chi connectivity index (χ0n) is 26.4. The molecule has 42 heavy (non-hydrogen) atoms. The Hall–Kier alpha value is -2.79. The Bertz CT molecular complexity index is 1240. The minimum Gasteiger partial charge on any atom is -0.444 e. The highest BCUT2D eigenvalue weighted by molar-refractivity contribution is 6.02. The number of aryl methyl sites for hydroxylation is 1. The molecule has 1 amide bonds. The molecule has 3 aromatic rings. The van der Waals surface area contributed by atoms with Gasteiger partial charge in [-0.05, 0) is 33.3 Å². The highest BCUT2D eigenvalue weighted by Gasteiger charge is 2.24. The molecule has 0 aliphatic carbocycles. The summed E-state index contributed by atoms with van der Waals surface area (Å²) in [6.07, 6.45) is 4.63. The summed E-state index contributed by atoms with van der Waals surface area (Å²) in [5, 5.41) is 3.79. The van der Waals surface area contributed by atoms with Gasteiger partial charge in [-0.15, -0.1) is 0 Å². The maximum absolute atomic E-state index is 11.6. The van der Waals surface area contributed by atoms with E-state index in [9.17, 15) is 4.79 Å². The number of nitrogens with zero attached hydrogens (tertiary/aromatic N) is 3. The van der Waals surface area contributed by atoms with Crippen molar-refractivity contribution in [2.24, 2.45) is 5.41 Å². The molecule has 0 spiro atoms. The number of imidazole rings is 1. The van der Waals surface area contributed by atoms with Crippen molar-refractivity contribution in [1.82, 2.24) is 19.9 Å². The van der Waals surface area contributed by atoms with Gasteiger partial charge in [0, 0.05) is 30.3 Å². The molecule has 0 aliphatic heterocycles. The van der Waals surface area contributed by atoms with Crippen LogP contribution < -0.4 is 5.32 Å². The van der Waals surface area contributed by atoms with Gasteiger partial charge in [0.1, 0.15) is 16.9 Å². The maximum Gasteiger partial charge on any atom is 0.407 e. The summed E-state index contributed by atoms with van der Waals surface area (Å²) in [5.41, 5.74) is 2.50. The van der Waals surface area contributed by atoms with Crippen LogP contribution in [0.4, 0.5) is 4.79 Å². The molecule has 0 unspecified atom stereocenters. The van der Waals surface area contributed by atoms with Crippen molar-refractivity contribution in [2.75, 3.05) is 59.4 Å². The van der Waals surface area contributed by atoms with Crippen LogP contribution in [-0.4, -0.2) is 85.6 Å². The lowest BCUT2D eigenvalue weighted by molar-refractivity contribution is -0.0146. The van der Waals surface area contributed by atoms with Crippen molar-refractivity contribution in [3.8, 4) is 0 Å². The predicted molar refractivity (Wildman–Crippen MR) is 165 cm³/mol. The van der Waals surface area contributed by atoms with Gasteiger partial charge >= 0.3 is 6.09 Å². The first-order valence-corrected chi connectivity index (χ1v) is 15.1. The van der Waals surface area contributed by atoms with Crippen LogP contribution >= 0.6 is 0 Å². The summed E-state index contributed by atoms with van der Waals surface area (Å²) in [7, 11) is 0. The number of nitrogens with one attached hydrogen (secondary N) is 1. The summed E-state index contributed by atoms with van der Waals surface area (Å²) in [6.45, 7) is 17.3. The molecular formula is C32H50N4O6. The second kappa shape index (κ2) is 16.7. The number of unbranched alkanes of at least 4 members (excludes halogenated alkanes) is 1. The molecule has 0 saturated carbocycles. The fourth-order valence-corrected chi connectivity index (χ4v) is 4.53. The Morgan fingerprint density at radius 3 is 2.19 bits per heavy atom. The van der Waals surface area contributed by atoms with E-state index >= 15 is 0 Å². The van der Waals surface area contributed by atoms with Crippen molar-refractivity contribution in [2.45, 2.75) is 73.0 Å². The second-order valence-electron chi connectivity index (χ2n) is 12.2. The quantitative estimate of drug-likeness (QED) is 0.183. The summed E-state index contributed by atoms with van der Waals surface area (Å²) >= 11 is 0. The summed E-state index contributed by atoms with van der Waals surface area (Å²) in [4.78, 5) is 21.2. The van der Waals surface area contributed by atoms with Gasteiger partial charge in [-0.3, -0.25) is 4.98 Å². The lowest BCUT2D eigenvalue weighted by Gasteiger charge is -2.26. The number of hydrogen-bond donors (Lipinski definition) is 1. The Kier molecular flexibility index (Phi) is 13.4. The lowest BCUT2D eigenvalue weighted by Crippen LogP contribution is -2.34. The molecule has 1 N–H and O–H groups in total. The van der Waals surface area contributed by atoms with Crippen molar-refractivity contribution < 1.29 is 28.5 Å². The molecule has 10 nitrogen and oxygen atoms in total. The van der Waals surface area contributed by atoms with Gasteiger partial charge < -0.3 is 33.6 Å². The number of ether oxygens (including phenoxy) is 5. The largest absolute Gasteiger partial charge is 0.444 e. The average Bonchev–Trinajstić information content (AvgIpc) is 3.27. The number of fused-ring (bicyclic) bond motifs is 3. The van der Waals surface area contributed by atoms with Crippen molar-refractivity contribution >= 4 is 28.0 Å². The third-order valence-electron chi connectivity index (χ3n) is 6.42. The maximum atomic E-state index is 11.6. The number of amides is 1. The SMILES string of the molecule is CCCCc1nc2cnc3ccccc3c2n1CC(C)(C)COCCOCCOCCOCCNC(=O)OC(C)(C)C. The number of benzene rings is 1. The molecule has 0 fully saturated rings. The Morgan fingerprint density at radius 2 is 1.52 bits per heavy atom. The van der Waals surface area contributed by atoms with Crippen LogP contribution in [0.3, 0.4) is 0 Å². The van der Waals surface area contributed by atoms with E-state index in [1.165, 1.54) is 0 Å². The van der Waals surface area contributed by atoms with E-state index in [-0.39, 0.29) is 5.41 Å². The molecular weight excluding hydrogens is 536 g/mol. The van der Waals surface area contributed by atoms with Crippen LogP contribution in [0.25, 0.3) is 21.9 Å². The first kappa shape index (κ1) is 33.7. The van der Waals surface area contributed by atoms with Crippen LogP contribution in [0, 0.1) is 5.41 Å². The van der Waals surface area contributed by atoms with Crippen LogP contribution in [0.2, 0.25) is 0 Å². The zero-order chi connectivity index (χ0) is 30.4. The van der Waals surface area contributed by atoms with E-state index in [1.807, 2.05) is 33.0 Å². The smallest absolute Gasteiger partial charge is 0.407 e. The highest BCUT2D eigenvalue weighted by Crippen LogP contribution is 2.29. The first-order valence-electron chi connectivity index (χ1n) is 15.1. The molecule has 0 aliphatic rings. The molecule has 0 saturated heterocycles. The number of aromatic nitrogens is 3. The molecule has 3 rings (SSSR count). The second-order valence-corrected chi connectivity index (χ2v) is 12.2. The van der Waals surface area contributed by atoms with E-state index in [1.54, 1.807) is 0 Å². The molecule has 2 aromatic heterocycles. The normalized spacial score (nSPS) is 12.3. The van der Waals surface area contributed by atoms with Crippen molar-refractivity contribution in [3.63, 3.8) is 0 Å². The fourth-order valence-electron chi connectivity index (χ4n) is 4.53. The lowest BCUT2D eigenvalue weighted by atomic mass is 9.94. The van der Waals surface area contributed by atoms with Gasteiger partial charge in [-0.1, -0.05) is 45.4 Å². The predicted octanol–water partition coefficient (Wildman–Crippen LogP) is 5.54. The van der Waals surface area contributed by atoms with E-state index in [2.05, 4.69) is 53.8 Å². The Labute approximate surface area is 250 Å². The topological polar surface area (TPSA) is 106 Å². The van der Waals surface area contributed by atoms with Gasteiger partial charge in [0.25, 0.3) is 0 Å². The molecule has 234 valence electrons. The number of pyridine rings is 1. The monoisotopic (exact) mass is 586 g/mol. The minimum absolute atomic E-state index is 0.0928. The highest BCUT2D eigenvalue weighted by atomic mass is 16.6. The van der Waals surface area contributed by atoms with Crippen LogP contribution in [0.5, 0.6) is 0 Å². The van der Waals surface area contributed by atoms with Gasteiger partial charge in [-0.2, -0.15) is 0 Å². The van der Waals surface area contributed by atoms with Crippen LogP contribution in [-0.2, 0) is 36.6 Å². The van der Waals surface area contributed by atoms with Crippen LogP contribution in [0.1, 0.15) is 60.2 Å². The summed E-state index contributed by atoms with van der Waals surface area (Å²) in [6, 6.07) is 8.28.